The van der Waals surface area contributed by atoms with E-state index in [1.165, 1.54) is 17.4 Å². The molecule has 1 atom stereocenters. The number of carbonyl (C=O) groups is 1. The molecule has 0 saturated carbocycles. The Morgan fingerprint density at radius 2 is 2.05 bits per heavy atom. The number of amides is 2. The number of anilines is 1. The lowest BCUT2D eigenvalue weighted by molar-refractivity contribution is 0.219. The molecule has 1 fully saturated rings. The lowest BCUT2D eigenvalue weighted by atomic mass is 9.96. The molecule has 3 aromatic heterocycles. The first-order valence-corrected chi connectivity index (χ1v) is 12.9. The fourth-order valence-electron chi connectivity index (χ4n) is 4.35. The second-order valence-electron chi connectivity index (χ2n) is 8.93. The Kier molecular flexibility index (Phi) is 7.24. The molecule has 3 N–H and O–H groups in total. The third-order valence-electron chi connectivity index (χ3n) is 6.39. The Morgan fingerprint density at radius 1 is 1.19 bits per heavy atom. The summed E-state index contributed by atoms with van der Waals surface area (Å²) >= 11 is 1.40. The fourth-order valence-corrected chi connectivity index (χ4v) is 5.53. The Hall–Kier alpha value is -3.70. The van der Waals surface area contributed by atoms with Crippen LogP contribution < -0.4 is 16.0 Å². The highest BCUT2D eigenvalue weighted by Gasteiger charge is 2.20. The second kappa shape index (κ2) is 10.7. The summed E-state index contributed by atoms with van der Waals surface area (Å²) in [6, 6.07) is 9.25. The monoisotopic (exact) mass is 523 g/mol. The van der Waals surface area contributed by atoms with Crippen molar-refractivity contribution in [3.05, 3.63) is 60.1 Å². The van der Waals surface area contributed by atoms with Crippen LogP contribution in [0.1, 0.15) is 12.5 Å². The zero-order chi connectivity index (χ0) is 25.9. The van der Waals surface area contributed by atoms with Gasteiger partial charge < -0.3 is 20.9 Å². The van der Waals surface area contributed by atoms with Crippen LogP contribution in [-0.2, 0) is 6.42 Å². The predicted molar refractivity (Wildman–Crippen MR) is 142 cm³/mol. The van der Waals surface area contributed by atoms with Gasteiger partial charge in [-0.1, -0.05) is 18.2 Å². The van der Waals surface area contributed by atoms with Crippen LogP contribution in [0.2, 0.25) is 0 Å². The van der Waals surface area contributed by atoms with Crippen molar-refractivity contribution < 1.29 is 13.6 Å². The molecular weight excluding hydrogens is 496 g/mol. The van der Waals surface area contributed by atoms with Gasteiger partial charge in [0.2, 0.25) is 11.9 Å². The molecule has 192 valence electrons. The molecule has 1 saturated heterocycles. The van der Waals surface area contributed by atoms with Crippen LogP contribution in [0.15, 0.2) is 42.7 Å². The summed E-state index contributed by atoms with van der Waals surface area (Å²) in [4.78, 5) is 26.4. The summed E-state index contributed by atoms with van der Waals surface area (Å²) < 4.78 is 30.0. The number of aromatic nitrogens is 3. The van der Waals surface area contributed by atoms with E-state index >= 15 is 0 Å². The van der Waals surface area contributed by atoms with Gasteiger partial charge in [-0.15, -0.1) is 11.3 Å². The number of likely N-dealkylation sites (N-methyl/N-ethyl adjacent to an activating group) is 1. The van der Waals surface area contributed by atoms with E-state index < -0.39 is 11.8 Å². The number of urea groups is 1. The molecule has 4 heterocycles. The number of benzene rings is 1. The van der Waals surface area contributed by atoms with Gasteiger partial charge in [-0.2, -0.15) is 4.39 Å². The number of carbonyl (C=O) groups excluding carboxylic acids is 1. The maximum absolute atomic E-state index is 14.9. The summed E-state index contributed by atoms with van der Waals surface area (Å²) in [6.45, 7) is 4.27. The van der Waals surface area contributed by atoms with Crippen molar-refractivity contribution >= 4 is 33.4 Å². The number of rotatable bonds is 9. The van der Waals surface area contributed by atoms with Gasteiger partial charge in [-0.25, -0.2) is 24.1 Å². The first-order valence-electron chi connectivity index (χ1n) is 12.1. The van der Waals surface area contributed by atoms with E-state index in [4.69, 9.17) is 0 Å². The van der Waals surface area contributed by atoms with Crippen molar-refractivity contribution in [1.82, 2.24) is 30.5 Å². The molecule has 0 radical (unpaired) electrons. The van der Waals surface area contributed by atoms with Crippen molar-refractivity contribution in [2.75, 3.05) is 38.5 Å². The van der Waals surface area contributed by atoms with Gasteiger partial charge in [0.05, 0.1) is 11.1 Å². The highest BCUT2D eigenvalue weighted by atomic mass is 32.1. The van der Waals surface area contributed by atoms with Crippen molar-refractivity contribution in [3.63, 3.8) is 0 Å². The molecule has 1 aliphatic rings. The highest BCUT2D eigenvalue weighted by Crippen LogP contribution is 2.40. The van der Waals surface area contributed by atoms with Crippen LogP contribution in [0.4, 0.5) is 19.5 Å². The number of fused-ring (bicyclic) bond motifs is 1. The largest absolute Gasteiger partial charge is 0.352 e. The van der Waals surface area contributed by atoms with Crippen LogP contribution >= 0.6 is 11.3 Å². The molecule has 0 unspecified atom stereocenters. The van der Waals surface area contributed by atoms with E-state index in [0.717, 1.165) is 33.0 Å². The molecule has 0 aliphatic carbocycles. The van der Waals surface area contributed by atoms with Crippen LogP contribution in [0.5, 0.6) is 0 Å². The third-order valence-corrected chi connectivity index (χ3v) is 7.58. The van der Waals surface area contributed by atoms with Gasteiger partial charge in [0, 0.05) is 49.2 Å². The Bertz CT molecular complexity index is 1440. The third kappa shape index (κ3) is 5.37. The molecule has 0 spiro atoms. The fraction of sp³-hybridized carbons (Fsp3) is 0.308. The second-order valence-corrected chi connectivity index (χ2v) is 9.98. The standard InChI is InChI=1S/C26H27F2N7OS/c1-15(29-2)10-17-13-32-22(28)12-19(17)18-5-3-4-16-11-21(37-24(16)18)23-20(27)14-33-25(34-23)30-6-8-35-9-7-31-26(35)36/h3-5,11-15,29H,6-10H2,1-2H3,(H,31,36)(H,30,33,34)/t15-/m0/s1. The van der Waals surface area contributed by atoms with Crippen LogP contribution in [0, 0.1) is 11.8 Å². The Morgan fingerprint density at radius 3 is 2.84 bits per heavy atom. The van der Waals surface area contributed by atoms with E-state index in [9.17, 15) is 13.6 Å². The van der Waals surface area contributed by atoms with Crippen LogP contribution in [-0.4, -0.2) is 65.2 Å². The number of nitrogens with zero attached hydrogens (tertiary/aromatic N) is 4. The number of halogens is 2. The van der Waals surface area contributed by atoms with E-state index in [1.54, 1.807) is 11.1 Å². The average molecular weight is 524 g/mol. The topological polar surface area (TPSA) is 95.1 Å². The normalized spacial score (nSPS) is 14.3. The Balaban J connectivity index is 1.46. The highest BCUT2D eigenvalue weighted by molar-refractivity contribution is 7.22. The van der Waals surface area contributed by atoms with Gasteiger partial charge in [0.1, 0.15) is 5.69 Å². The number of nitrogens with one attached hydrogen (secondary N) is 3. The number of hydrogen-bond donors (Lipinski definition) is 3. The van der Waals surface area contributed by atoms with E-state index in [1.807, 2.05) is 31.3 Å². The molecule has 8 nitrogen and oxygen atoms in total. The summed E-state index contributed by atoms with van der Waals surface area (Å²) in [5, 5.41) is 9.96. The maximum atomic E-state index is 14.9. The lowest BCUT2D eigenvalue weighted by Crippen LogP contribution is -2.32. The molecular formula is C26H27F2N7OS. The predicted octanol–water partition coefficient (Wildman–Crippen LogP) is 4.29. The molecule has 11 heteroatoms. The van der Waals surface area contributed by atoms with Crippen molar-refractivity contribution in [2.24, 2.45) is 0 Å². The maximum Gasteiger partial charge on any atom is 0.317 e. The summed E-state index contributed by atoms with van der Waals surface area (Å²) in [5.41, 5.74) is 2.75. The zero-order valence-electron chi connectivity index (χ0n) is 20.5. The quantitative estimate of drug-likeness (QED) is 0.284. The summed E-state index contributed by atoms with van der Waals surface area (Å²) in [7, 11) is 1.88. The molecule has 2 amide bonds. The van der Waals surface area contributed by atoms with Crippen molar-refractivity contribution in [1.29, 1.82) is 0 Å². The van der Waals surface area contributed by atoms with Gasteiger partial charge in [-0.3, -0.25) is 0 Å². The molecule has 37 heavy (non-hydrogen) atoms. The van der Waals surface area contributed by atoms with Crippen molar-refractivity contribution in [2.45, 2.75) is 19.4 Å². The first-order chi connectivity index (χ1) is 17.9. The van der Waals surface area contributed by atoms with E-state index in [0.29, 0.717) is 37.5 Å². The minimum absolute atomic E-state index is 0.0961. The number of pyridine rings is 1. The van der Waals surface area contributed by atoms with Crippen LogP contribution in [0.25, 0.3) is 31.8 Å². The van der Waals surface area contributed by atoms with Gasteiger partial charge in [-0.05, 0) is 48.5 Å². The van der Waals surface area contributed by atoms with Crippen molar-refractivity contribution in [3.8, 4) is 21.7 Å². The zero-order valence-corrected chi connectivity index (χ0v) is 21.3. The van der Waals surface area contributed by atoms with E-state index in [-0.39, 0.29) is 23.7 Å². The SMILES string of the molecule is CN[C@@H](C)Cc1cnc(F)cc1-c1cccc2cc(-c3nc(NCCN4CCNC4=O)ncc3F)sc12. The molecule has 5 rings (SSSR count). The smallest absolute Gasteiger partial charge is 0.317 e. The summed E-state index contributed by atoms with van der Waals surface area (Å²) in [5.74, 6) is -0.794. The average Bonchev–Trinajstić information content (AvgIpc) is 3.52. The Labute approximate surface area is 217 Å². The molecule has 1 aromatic carbocycles. The number of thiophene rings is 1. The molecule has 4 aromatic rings. The minimum atomic E-state index is -0.548. The minimum Gasteiger partial charge on any atom is -0.352 e. The van der Waals surface area contributed by atoms with E-state index in [2.05, 4.69) is 37.8 Å². The number of hydrogen-bond acceptors (Lipinski definition) is 7. The first kappa shape index (κ1) is 25.0. The molecule has 0 bridgehead atoms. The van der Waals surface area contributed by atoms with Gasteiger partial charge in [0.15, 0.2) is 5.82 Å². The van der Waals surface area contributed by atoms with Gasteiger partial charge >= 0.3 is 6.03 Å². The lowest BCUT2D eigenvalue weighted by Gasteiger charge is -2.14. The van der Waals surface area contributed by atoms with Gasteiger partial charge in [0.25, 0.3) is 0 Å². The molecule has 1 aliphatic heterocycles. The van der Waals surface area contributed by atoms with Crippen LogP contribution in [0.3, 0.4) is 0 Å². The summed E-state index contributed by atoms with van der Waals surface area (Å²) in [6.07, 6.45) is 3.41.